The second-order valence-corrected chi connectivity index (χ2v) is 6.53. The van der Waals surface area contributed by atoms with E-state index < -0.39 is 0 Å². The van der Waals surface area contributed by atoms with Crippen molar-refractivity contribution in [2.24, 2.45) is 5.73 Å². The summed E-state index contributed by atoms with van der Waals surface area (Å²) in [6.45, 7) is 4.07. The highest BCUT2D eigenvalue weighted by atomic mass is 16.5. The predicted molar refractivity (Wildman–Crippen MR) is 99.4 cm³/mol. The summed E-state index contributed by atoms with van der Waals surface area (Å²) in [5.41, 5.74) is 7.43. The topological polar surface area (TPSA) is 38.5 Å². The summed E-state index contributed by atoms with van der Waals surface area (Å²) in [6.07, 6.45) is 5.08. The summed E-state index contributed by atoms with van der Waals surface area (Å²) in [4.78, 5) is 2.60. The van der Waals surface area contributed by atoms with E-state index in [0.717, 1.165) is 18.0 Å². The Bertz CT molecular complexity index is 629. The summed E-state index contributed by atoms with van der Waals surface area (Å²) < 4.78 is 5.99. The van der Waals surface area contributed by atoms with Crippen LogP contribution in [-0.4, -0.2) is 24.0 Å². The molecule has 0 amide bonds. The molecule has 0 bridgehead atoms. The van der Waals surface area contributed by atoms with Crippen LogP contribution in [0.4, 0.5) is 0 Å². The molecule has 2 aromatic rings. The molecule has 24 heavy (non-hydrogen) atoms. The summed E-state index contributed by atoms with van der Waals surface area (Å²) in [7, 11) is 0. The highest BCUT2D eigenvalue weighted by Gasteiger charge is 2.28. The number of nitrogens with two attached hydrogens (primary N) is 1. The smallest absolute Gasteiger partial charge is 0.127 e. The lowest BCUT2D eigenvalue weighted by molar-refractivity contribution is 0.0948. The zero-order chi connectivity index (χ0) is 16.8. The summed E-state index contributed by atoms with van der Waals surface area (Å²) in [5.74, 6) is 1.74. The fraction of sp³-hybridized carbons (Fsp3) is 0.429. The van der Waals surface area contributed by atoms with Crippen molar-refractivity contribution in [2.75, 3.05) is 13.1 Å². The highest BCUT2D eigenvalue weighted by Crippen LogP contribution is 2.32. The van der Waals surface area contributed by atoms with E-state index >= 15 is 0 Å². The van der Waals surface area contributed by atoms with E-state index in [9.17, 15) is 0 Å². The Morgan fingerprint density at radius 2 is 1.88 bits per heavy atom. The zero-order valence-electron chi connectivity index (χ0n) is 14.5. The molecule has 2 aromatic carbocycles. The zero-order valence-corrected chi connectivity index (χ0v) is 14.5. The van der Waals surface area contributed by atoms with Gasteiger partial charge < -0.3 is 10.5 Å². The van der Waals surface area contributed by atoms with Gasteiger partial charge in [0.15, 0.2) is 0 Å². The van der Waals surface area contributed by atoms with Gasteiger partial charge >= 0.3 is 0 Å². The number of nitrogens with zero attached hydrogens (tertiary/aromatic N) is 1. The largest absolute Gasteiger partial charge is 0.457 e. The fourth-order valence-electron chi connectivity index (χ4n) is 3.74. The third-order valence-electron chi connectivity index (χ3n) is 4.99. The quantitative estimate of drug-likeness (QED) is 0.834. The highest BCUT2D eigenvalue weighted by molar-refractivity contribution is 5.35. The predicted octanol–water partition coefficient (Wildman–Crippen LogP) is 4.74. The van der Waals surface area contributed by atoms with Gasteiger partial charge in [-0.05, 0) is 55.6 Å². The Balaban J connectivity index is 1.80. The van der Waals surface area contributed by atoms with Crippen molar-refractivity contribution in [3.8, 4) is 11.5 Å². The van der Waals surface area contributed by atoms with Crippen molar-refractivity contribution >= 4 is 0 Å². The average molecular weight is 324 g/mol. The summed E-state index contributed by atoms with van der Waals surface area (Å²) in [5, 5.41) is 0. The monoisotopic (exact) mass is 324 g/mol. The van der Waals surface area contributed by atoms with Crippen LogP contribution in [0.3, 0.4) is 0 Å². The standard InChI is InChI=1S/C21H28N2O/c1-2-18-10-6-7-14-23(18)21(16-22)17-9-8-13-20(15-17)24-19-11-4-3-5-12-19/h3-5,8-9,11-13,15,18,21H,2,6-7,10,14,16,22H2,1H3. The van der Waals surface area contributed by atoms with Gasteiger partial charge in [-0.15, -0.1) is 0 Å². The number of hydrogen-bond acceptors (Lipinski definition) is 3. The van der Waals surface area contributed by atoms with Crippen LogP contribution in [0.25, 0.3) is 0 Å². The molecule has 0 aromatic heterocycles. The molecule has 0 saturated carbocycles. The molecule has 3 heteroatoms. The van der Waals surface area contributed by atoms with Crippen LogP contribution in [0.5, 0.6) is 11.5 Å². The second kappa shape index (κ2) is 8.32. The number of piperidine rings is 1. The Morgan fingerprint density at radius 3 is 2.62 bits per heavy atom. The van der Waals surface area contributed by atoms with Gasteiger partial charge in [0.2, 0.25) is 0 Å². The van der Waals surface area contributed by atoms with Gasteiger partial charge in [-0.2, -0.15) is 0 Å². The van der Waals surface area contributed by atoms with Crippen molar-refractivity contribution in [3.05, 3.63) is 60.2 Å². The molecule has 0 radical (unpaired) electrons. The first-order valence-electron chi connectivity index (χ1n) is 9.10. The van der Waals surface area contributed by atoms with Gasteiger partial charge in [0, 0.05) is 18.6 Å². The number of rotatable bonds is 6. The fourth-order valence-corrected chi connectivity index (χ4v) is 3.74. The normalized spacial score (nSPS) is 19.8. The number of benzene rings is 2. The lowest BCUT2D eigenvalue weighted by atomic mass is 9.95. The van der Waals surface area contributed by atoms with E-state index in [4.69, 9.17) is 10.5 Å². The molecule has 3 nitrogen and oxygen atoms in total. The Labute approximate surface area is 145 Å². The van der Waals surface area contributed by atoms with Crippen LogP contribution in [0.1, 0.15) is 44.2 Å². The molecule has 2 N–H and O–H groups in total. The van der Waals surface area contributed by atoms with E-state index in [1.807, 2.05) is 36.4 Å². The minimum atomic E-state index is 0.273. The maximum absolute atomic E-state index is 6.17. The third-order valence-corrected chi connectivity index (χ3v) is 4.99. The Kier molecular flexibility index (Phi) is 5.89. The van der Waals surface area contributed by atoms with Gasteiger partial charge in [-0.1, -0.05) is 43.7 Å². The van der Waals surface area contributed by atoms with Gasteiger partial charge in [0.1, 0.15) is 11.5 Å². The van der Waals surface area contributed by atoms with Crippen molar-refractivity contribution in [2.45, 2.75) is 44.7 Å². The van der Waals surface area contributed by atoms with Crippen LogP contribution in [0.2, 0.25) is 0 Å². The second-order valence-electron chi connectivity index (χ2n) is 6.53. The lowest BCUT2D eigenvalue weighted by Gasteiger charge is -2.41. The molecular weight excluding hydrogens is 296 g/mol. The number of hydrogen-bond donors (Lipinski definition) is 1. The molecule has 3 rings (SSSR count). The summed E-state index contributed by atoms with van der Waals surface area (Å²) >= 11 is 0. The molecule has 1 saturated heterocycles. The van der Waals surface area contributed by atoms with Crippen molar-refractivity contribution in [1.82, 2.24) is 4.90 Å². The average Bonchev–Trinajstić information content (AvgIpc) is 2.64. The van der Waals surface area contributed by atoms with Crippen LogP contribution in [0.15, 0.2) is 54.6 Å². The van der Waals surface area contributed by atoms with Crippen LogP contribution in [0, 0.1) is 0 Å². The third kappa shape index (κ3) is 3.97. The van der Waals surface area contributed by atoms with E-state index in [1.54, 1.807) is 0 Å². The summed E-state index contributed by atoms with van der Waals surface area (Å²) in [6, 6.07) is 19.2. The van der Waals surface area contributed by atoms with E-state index in [1.165, 1.54) is 31.2 Å². The molecule has 1 aliphatic heterocycles. The maximum atomic E-state index is 6.17. The molecule has 0 aliphatic carbocycles. The first kappa shape index (κ1) is 17.0. The van der Waals surface area contributed by atoms with Gasteiger partial charge in [-0.25, -0.2) is 0 Å². The van der Waals surface area contributed by atoms with Crippen LogP contribution < -0.4 is 10.5 Å². The molecule has 1 aliphatic rings. The first-order valence-corrected chi connectivity index (χ1v) is 9.10. The van der Waals surface area contributed by atoms with Crippen molar-refractivity contribution < 1.29 is 4.74 Å². The molecule has 128 valence electrons. The number of para-hydroxylation sites is 1. The van der Waals surface area contributed by atoms with Gasteiger partial charge in [-0.3, -0.25) is 4.90 Å². The number of ether oxygens (including phenoxy) is 1. The van der Waals surface area contributed by atoms with Gasteiger partial charge in [0.05, 0.1) is 0 Å². The van der Waals surface area contributed by atoms with E-state index in [-0.39, 0.29) is 6.04 Å². The first-order chi connectivity index (χ1) is 11.8. The molecule has 2 unspecified atom stereocenters. The minimum Gasteiger partial charge on any atom is -0.457 e. The maximum Gasteiger partial charge on any atom is 0.127 e. The molecule has 2 atom stereocenters. The Hall–Kier alpha value is -1.84. The number of likely N-dealkylation sites (tertiary alicyclic amines) is 1. The van der Waals surface area contributed by atoms with E-state index in [2.05, 4.69) is 30.0 Å². The molecule has 0 spiro atoms. The lowest BCUT2D eigenvalue weighted by Crippen LogP contribution is -2.44. The van der Waals surface area contributed by atoms with E-state index in [0.29, 0.717) is 12.6 Å². The SMILES string of the molecule is CCC1CCCCN1C(CN)c1cccc(Oc2ccccc2)c1. The van der Waals surface area contributed by atoms with Crippen LogP contribution >= 0.6 is 0 Å². The molecule has 1 heterocycles. The van der Waals surface area contributed by atoms with Crippen molar-refractivity contribution in [1.29, 1.82) is 0 Å². The van der Waals surface area contributed by atoms with Crippen molar-refractivity contribution in [3.63, 3.8) is 0 Å². The van der Waals surface area contributed by atoms with Gasteiger partial charge in [0.25, 0.3) is 0 Å². The molecular formula is C21H28N2O. The Morgan fingerprint density at radius 1 is 1.08 bits per heavy atom. The molecule has 1 fully saturated rings. The van der Waals surface area contributed by atoms with Crippen LogP contribution in [-0.2, 0) is 0 Å². The minimum absolute atomic E-state index is 0.273.